The summed E-state index contributed by atoms with van der Waals surface area (Å²) >= 11 is 0. The first kappa shape index (κ1) is 13.7. The molecule has 110 valence electrons. The molecular weight excluding hydrogens is 264 g/mol. The third-order valence-electron chi connectivity index (χ3n) is 4.36. The number of benzene rings is 1. The van der Waals surface area contributed by atoms with Gasteiger partial charge in [0, 0.05) is 37.9 Å². The van der Waals surface area contributed by atoms with E-state index < -0.39 is 0 Å². The average molecular weight is 284 g/mol. The minimum Gasteiger partial charge on any atom is -0.371 e. The molecule has 1 N–H and O–H groups in total. The van der Waals surface area contributed by atoms with Crippen molar-refractivity contribution in [1.29, 1.82) is 5.26 Å². The summed E-state index contributed by atoms with van der Waals surface area (Å²) in [4.78, 5) is 16.3. The van der Waals surface area contributed by atoms with Crippen molar-refractivity contribution >= 4 is 11.6 Å². The molecule has 0 aromatic heterocycles. The monoisotopic (exact) mass is 284 g/mol. The number of nitrogens with zero attached hydrogens (tertiary/aromatic N) is 3. The minimum absolute atomic E-state index is 0.0568. The van der Waals surface area contributed by atoms with Crippen LogP contribution in [-0.4, -0.2) is 43.0 Å². The van der Waals surface area contributed by atoms with E-state index in [-0.39, 0.29) is 17.9 Å². The Hall–Kier alpha value is -2.22. The lowest BCUT2D eigenvalue weighted by atomic mass is 10.1. The van der Waals surface area contributed by atoms with Gasteiger partial charge in [-0.15, -0.1) is 0 Å². The number of carbonyl (C=O) groups is 1. The van der Waals surface area contributed by atoms with Crippen molar-refractivity contribution in [3.05, 3.63) is 30.3 Å². The van der Waals surface area contributed by atoms with E-state index in [1.807, 2.05) is 18.2 Å². The van der Waals surface area contributed by atoms with Crippen molar-refractivity contribution in [2.75, 3.05) is 31.1 Å². The van der Waals surface area contributed by atoms with Gasteiger partial charge >= 0.3 is 0 Å². The maximum atomic E-state index is 12.3. The standard InChI is InChI=1S/C16H20N4O/c17-12-19-8-7-14(11-19)18-16(21)13-6-9-20(10-13)15-4-2-1-3-5-15/h1-5,13-14H,6-11H2,(H,18,21). The number of carbonyl (C=O) groups excluding carboxylic acids is 1. The van der Waals surface area contributed by atoms with Gasteiger partial charge in [0.1, 0.15) is 0 Å². The molecule has 1 aromatic rings. The summed E-state index contributed by atoms with van der Waals surface area (Å²) in [6.07, 6.45) is 3.91. The molecule has 2 saturated heterocycles. The molecule has 0 spiro atoms. The van der Waals surface area contributed by atoms with Gasteiger partial charge in [-0.2, -0.15) is 5.26 Å². The molecule has 2 atom stereocenters. The van der Waals surface area contributed by atoms with Crippen LogP contribution in [0.2, 0.25) is 0 Å². The summed E-state index contributed by atoms with van der Waals surface area (Å²) in [6, 6.07) is 10.4. The van der Waals surface area contributed by atoms with E-state index in [0.29, 0.717) is 6.54 Å². The van der Waals surface area contributed by atoms with Crippen LogP contribution in [-0.2, 0) is 4.79 Å². The molecule has 3 rings (SSSR count). The highest BCUT2D eigenvalue weighted by molar-refractivity contribution is 5.80. The van der Waals surface area contributed by atoms with E-state index in [0.717, 1.165) is 32.5 Å². The zero-order valence-corrected chi connectivity index (χ0v) is 12.0. The Kier molecular flexibility index (Phi) is 3.96. The number of hydrogen-bond acceptors (Lipinski definition) is 4. The van der Waals surface area contributed by atoms with Crippen LogP contribution < -0.4 is 10.2 Å². The molecule has 5 heteroatoms. The molecule has 1 amide bonds. The number of rotatable bonds is 3. The molecule has 2 fully saturated rings. The Morgan fingerprint density at radius 3 is 2.71 bits per heavy atom. The molecule has 2 aliphatic rings. The molecule has 2 aliphatic heterocycles. The summed E-state index contributed by atoms with van der Waals surface area (Å²) in [6.45, 7) is 3.11. The Labute approximate surface area is 125 Å². The molecule has 2 unspecified atom stereocenters. The lowest BCUT2D eigenvalue weighted by Crippen LogP contribution is -2.41. The fourth-order valence-electron chi connectivity index (χ4n) is 3.14. The van der Waals surface area contributed by atoms with Gasteiger partial charge in [-0.3, -0.25) is 4.79 Å². The largest absolute Gasteiger partial charge is 0.371 e. The number of amides is 1. The third kappa shape index (κ3) is 3.10. The fourth-order valence-corrected chi connectivity index (χ4v) is 3.14. The summed E-state index contributed by atoms with van der Waals surface area (Å²) in [5, 5.41) is 11.9. The lowest BCUT2D eigenvalue weighted by molar-refractivity contribution is -0.125. The van der Waals surface area contributed by atoms with Crippen molar-refractivity contribution in [3.8, 4) is 6.19 Å². The Bertz CT molecular complexity index is 539. The average Bonchev–Trinajstić information content (AvgIpc) is 3.17. The SMILES string of the molecule is N#CN1CCC(NC(=O)C2CCN(c3ccccc3)C2)C1. The molecule has 5 nitrogen and oxygen atoms in total. The smallest absolute Gasteiger partial charge is 0.225 e. The first-order chi connectivity index (χ1) is 10.3. The van der Waals surface area contributed by atoms with Crippen LogP contribution in [0.5, 0.6) is 0 Å². The predicted octanol–water partition coefficient (Wildman–Crippen LogP) is 1.18. The van der Waals surface area contributed by atoms with E-state index in [1.54, 1.807) is 4.90 Å². The van der Waals surface area contributed by atoms with Crippen LogP contribution in [0.15, 0.2) is 30.3 Å². The molecule has 0 radical (unpaired) electrons. The Balaban J connectivity index is 1.52. The number of anilines is 1. The normalized spacial score (nSPS) is 24.9. The van der Waals surface area contributed by atoms with Crippen LogP contribution in [0.4, 0.5) is 5.69 Å². The van der Waals surface area contributed by atoms with Crippen molar-refractivity contribution < 1.29 is 4.79 Å². The molecule has 1 aromatic carbocycles. The van der Waals surface area contributed by atoms with Gasteiger partial charge in [-0.25, -0.2) is 0 Å². The Morgan fingerprint density at radius 2 is 2.00 bits per heavy atom. The second kappa shape index (κ2) is 6.04. The topological polar surface area (TPSA) is 59.4 Å². The van der Waals surface area contributed by atoms with Gasteiger partial charge in [0.2, 0.25) is 5.91 Å². The number of para-hydroxylation sites is 1. The Morgan fingerprint density at radius 1 is 1.19 bits per heavy atom. The molecular formula is C16H20N4O. The van der Waals surface area contributed by atoms with Crippen molar-refractivity contribution in [3.63, 3.8) is 0 Å². The van der Waals surface area contributed by atoms with Gasteiger partial charge in [0.05, 0.1) is 5.92 Å². The summed E-state index contributed by atoms with van der Waals surface area (Å²) in [5.41, 5.74) is 1.18. The molecule has 2 heterocycles. The van der Waals surface area contributed by atoms with Gasteiger partial charge in [-0.05, 0) is 25.0 Å². The lowest BCUT2D eigenvalue weighted by Gasteiger charge is -2.19. The first-order valence-corrected chi connectivity index (χ1v) is 7.51. The van der Waals surface area contributed by atoms with E-state index in [9.17, 15) is 4.79 Å². The summed E-state index contributed by atoms with van der Waals surface area (Å²) in [5.74, 6) is 0.194. The quantitative estimate of drug-likeness (QED) is 0.847. The predicted molar refractivity (Wildman–Crippen MR) is 80.5 cm³/mol. The van der Waals surface area contributed by atoms with Crippen molar-refractivity contribution in [2.24, 2.45) is 5.92 Å². The second-order valence-corrected chi connectivity index (χ2v) is 5.81. The highest BCUT2D eigenvalue weighted by Crippen LogP contribution is 2.23. The van der Waals surface area contributed by atoms with Crippen molar-refractivity contribution in [1.82, 2.24) is 10.2 Å². The van der Waals surface area contributed by atoms with Crippen LogP contribution in [0, 0.1) is 17.4 Å². The fraction of sp³-hybridized carbons (Fsp3) is 0.500. The highest BCUT2D eigenvalue weighted by Gasteiger charge is 2.31. The second-order valence-electron chi connectivity index (χ2n) is 5.81. The number of likely N-dealkylation sites (tertiary alicyclic amines) is 1. The van der Waals surface area contributed by atoms with E-state index in [2.05, 4.69) is 28.5 Å². The first-order valence-electron chi connectivity index (χ1n) is 7.51. The maximum absolute atomic E-state index is 12.3. The van der Waals surface area contributed by atoms with Gasteiger partial charge in [-0.1, -0.05) is 18.2 Å². The molecule has 21 heavy (non-hydrogen) atoms. The van der Waals surface area contributed by atoms with Gasteiger partial charge in [0.25, 0.3) is 0 Å². The highest BCUT2D eigenvalue weighted by atomic mass is 16.2. The third-order valence-corrected chi connectivity index (χ3v) is 4.36. The van der Waals surface area contributed by atoms with Gasteiger partial charge < -0.3 is 15.1 Å². The summed E-state index contributed by atoms with van der Waals surface area (Å²) in [7, 11) is 0. The summed E-state index contributed by atoms with van der Waals surface area (Å²) < 4.78 is 0. The zero-order valence-electron chi connectivity index (χ0n) is 12.0. The molecule has 0 saturated carbocycles. The van der Waals surface area contributed by atoms with Crippen LogP contribution in [0.1, 0.15) is 12.8 Å². The number of nitrogens with one attached hydrogen (secondary N) is 1. The number of hydrogen-bond donors (Lipinski definition) is 1. The van der Waals surface area contributed by atoms with E-state index >= 15 is 0 Å². The minimum atomic E-state index is 0.0568. The zero-order chi connectivity index (χ0) is 14.7. The van der Waals surface area contributed by atoms with Crippen LogP contribution in [0.25, 0.3) is 0 Å². The molecule has 0 bridgehead atoms. The van der Waals surface area contributed by atoms with Crippen LogP contribution in [0.3, 0.4) is 0 Å². The van der Waals surface area contributed by atoms with E-state index in [1.165, 1.54) is 5.69 Å². The number of nitriles is 1. The van der Waals surface area contributed by atoms with E-state index in [4.69, 9.17) is 5.26 Å². The van der Waals surface area contributed by atoms with Crippen LogP contribution >= 0.6 is 0 Å². The van der Waals surface area contributed by atoms with Crippen molar-refractivity contribution in [2.45, 2.75) is 18.9 Å². The van der Waals surface area contributed by atoms with Gasteiger partial charge in [0.15, 0.2) is 6.19 Å². The maximum Gasteiger partial charge on any atom is 0.225 e. The molecule has 0 aliphatic carbocycles.